The average molecular weight is 430 g/mol. The van der Waals surface area contributed by atoms with E-state index in [4.69, 9.17) is 14.6 Å². The molecular formula is C16H16BrNO6S. The molecule has 2 amide bonds. The van der Waals surface area contributed by atoms with Gasteiger partial charge in [-0.05, 0) is 53.7 Å². The second kappa shape index (κ2) is 8.39. The Morgan fingerprint density at radius 1 is 1.24 bits per heavy atom. The van der Waals surface area contributed by atoms with E-state index in [0.29, 0.717) is 51.4 Å². The van der Waals surface area contributed by atoms with Crippen molar-refractivity contribution in [2.45, 2.75) is 13.8 Å². The van der Waals surface area contributed by atoms with Crippen LogP contribution in [0.3, 0.4) is 0 Å². The highest BCUT2D eigenvalue weighted by Gasteiger charge is 2.36. The third-order valence-electron chi connectivity index (χ3n) is 3.12. The molecule has 0 atom stereocenters. The van der Waals surface area contributed by atoms with E-state index < -0.39 is 23.7 Å². The van der Waals surface area contributed by atoms with Crippen LogP contribution in [-0.2, 0) is 9.59 Å². The zero-order valence-corrected chi connectivity index (χ0v) is 16.0. The van der Waals surface area contributed by atoms with Gasteiger partial charge >= 0.3 is 5.97 Å². The summed E-state index contributed by atoms with van der Waals surface area (Å²) in [5, 5.41) is 8.19. The number of carboxylic acids is 1. The molecule has 1 saturated heterocycles. The first-order valence-corrected chi connectivity index (χ1v) is 9.04. The number of aliphatic carboxylic acids is 1. The summed E-state index contributed by atoms with van der Waals surface area (Å²) in [5.41, 5.74) is 0.581. The van der Waals surface area contributed by atoms with Gasteiger partial charge in [0.2, 0.25) is 0 Å². The first-order chi connectivity index (χ1) is 11.9. The second-order valence-corrected chi connectivity index (χ2v) is 6.70. The highest BCUT2D eigenvalue weighted by molar-refractivity contribution is 9.10. The van der Waals surface area contributed by atoms with Gasteiger partial charge in [0.05, 0.1) is 22.6 Å². The molecule has 1 fully saturated rings. The number of carbonyl (C=O) groups excluding carboxylic acids is 2. The van der Waals surface area contributed by atoms with E-state index in [2.05, 4.69) is 15.9 Å². The molecule has 0 bridgehead atoms. The van der Waals surface area contributed by atoms with Crippen LogP contribution in [0.5, 0.6) is 11.5 Å². The van der Waals surface area contributed by atoms with Crippen LogP contribution in [-0.4, -0.2) is 46.9 Å². The molecule has 0 spiro atoms. The number of rotatable bonds is 7. The van der Waals surface area contributed by atoms with Crippen LogP contribution in [0.1, 0.15) is 19.4 Å². The van der Waals surface area contributed by atoms with Crippen molar-refractivity contribution in [3.8, 4) is 11.5 Å². The number of carbonyl (C=O) groups is 3. The molecular weight excluding hydrogens is 414 g/mol. The predicted octanol–water partition coefficient (Wildman–Crippen LogP) is 3.37. The van der Waals surface area contributed by atoms with Crippen LogP contribution in [0.4, 0.5) is 4.79 Å². The molecule has 0 unspecified atom stereocenters. The standard InChI is InChI=1S/C16H16BrNO6S/c1-3-23-11-7-12(24-4-2)10(17)5-9(11)6-13-15(21)18(8-14(19)20)16(22)25-13/h5-7H,3-4,8H2,1-2H3,(H,19,20)/b13-6+. The number of carboxylic acid groups (broad SMARTS) is 1. The molecule has 25 heavy (non-hydrogen) atoms. The number of halogens is 1. The van der Waals surface area contributed by atoms with Crippen molar-refractivity contribution in [3.05, 3.63) is 27.1 Å². The minimum atomic E-state index is -1.25. The second-order valence-electron chi connectivity index (χ2n) is 4.85. The fourth-order valence-electron chi connectivity index (χ4n) is 2.12. The largest absolute Gasteiger partial charge is 0.493 e. The van der Waals surface area contributed by atoms with E-state index in [1.54, 1.807) is 12.1 Å². The fraction of sp³-hybridized carbons (Fsp3) is 0.312. The normalized spacial score (nSPS) is 15.8. The molecule has 0 radical (unpaired) electrons. The SMILES string of the molecule is CCOc1cc(OCC)c(/C=C2/SC(=O)N(CC(=O)O)C2=O)cc1Br. The van der Waals surface area contributed by atoms with Crippen molar-refractivity contribution in [2.75, 3.05) is 19.8 Å². The van der Waals surface area contributed by atoms with Gasteiger partial charge in [-0.15, -0.1) is 0 Å². The van der Waals surface area contributed by atoms with E-state index in [9.17, 15) is 14.4 Å². The number of thioether (sulfide) groups is 1. The van der Waals surface area contributed by atoms with Gasteiger partial charge in [0.25, 0.3) is 11.1 Å². The van der Waals surface area contributed by atoms with Gasteiger partial charge in [-0.3, -0.25) is 19.3 Å². The Labute approximate surface area is 157 Å². The number of amides is 2. The molecule has 0 aromatic heterocycles. The van der Waals surface area contributed by atoms with Gasteiger partial charge in [-0.1, -0.05) is 0 Å². The van der Waals surface area contributed by atoms with Gasteiger partial charge in [0, 0.05) is 11.6 Å². The molecule has 1 aliphatic rings. The summed E-state index contributed by atoms with van der Waals surface area (Å²) < 4.78 is 11.8. The summed E-state index contributed by atoms with van der Waals surface area (Å²) in [4.78, 5) is 35.7. The Hall–Kier alpha value is -2.00. The summed E-state index contributed by atoms with van der Waals surface area (Å²) in [7, 11) is 0. The molecule has 1 N–H and O–H groups in total. The maximum atomic E-state index is 12.3. The zero-order valence-electron chi connectivity index (χ0n) is 13.6. The Balaban J connectivity index is 2.39. The number of hydrogen-bond donors (Lipinski definition) is 1. The summed E-state index contributed by atoms with van der Waals surface area (Å²) >= 11 is 4.10. The molecule has 134 valence electrons. The van der Waals surface area contributed by atoms with Crippen LogP contribution in [0, 0.1) is 0 Å². The van der Waals surface area contributed by atoms with Gasteiger partial charge in [-0.25, -0.2) is 0 Å². The first kappa shape index (κ1) is 19.3. The van der Waals surface area contributed by atoms with Crippen LogP contribution in [0.15, 0.2) is 21.5 Å². The van der Waals surface area contributed by atoms with Crippen LogP contribution < -0.4 is 9.47 Å². The summed E-state index contributed by atoms with van der Waals surface area (Å²) in [5.74, 6) is -0.784. The third kappa shape index (κ3) is 4.55. The molecule has 1 aromatic rings. The van der Waals surface area contributed by atoms with Gasteiger partial charge in [-0.2, -0.15) is 0 Å². The predicted molar refractivity (Wildman–Crippen MR) is 96.8 cm³/mol. The molecule has 1 aromatic carbocycles. The van der Waals surface area contributed by atoms with Crippen molar-refractivity contribution in [1.82, 2.24) is 4.90 Å². The van der Waals surface area contributed by atoms with Gasteiger partial charge in [0.1, 0.15) is 18.0 Å². The van der Waals surface area contributed by atoms with Crippen molar-refractivity contribution < 1.29 is 29.0 Å². The van der Waals surface area contributed by atoms with E-state index in [-0.39, 0.29) is 4.91 Å². The molecule has 7 nitrogen and oxygen atoms in total. The number of imide groups is 1. The lowest BCUT2D eigenvalue weighted by molar-refractivity contribution is -0.140. The quantitative estimate of drug-likeness (QED) is 0.663. The third-order valence-corrected chi connectivity index (χ3v) is 4.64. The maximum absolute atomic E-state index is 12.3. The number of hydrogen-bond acceptors (Lipinski definition) is 6. The number of nitrogens with zero attached hydrogens (tertiary/aromatic N) is 1. The van der Waals surface area contributed by atoms with Gasteiger partial charge < -0.3 is 14.6 Å². The Morgan fingerprint density at radius 3 is 2.48 bits per heavy atom. The first-order valence-electron chi connectivity index (χ1n) is 7.43. The number of benzene rings is 1. The summed E-state index contributed by atoms with van der Waals surface area (Å²) in [6, 6.07) is 3.42. The van der Waals surface area contributed by atoms with Crippen molar-refractivity contribution in [3.63, 3.8) is 0 Å². The Morgan fingerprint density at radius 2 is 1.88 bits per heavy atom. The zero-order chi connectivity index (χ0) is 18.6. The minimum Gasteiger partial charge on any atom is -0.493 e. The Bertz CT molecular complexity index is 748. The Kier molecular flexibility index (Phi) is 6.49. The lowest BCUT2D eigenvalue weighted by Crippen LogP contribution is -2.33. The van der Waals surface area contributed by atoms with Crippen LogP contribution >= 0.6 is 27.7 Å². The molecule has 0 saturated carbocycles. The van der Waals surface area contributed by atoms with Crippen molar-refractivity contribution >= 4 is 50.9 Å². The van der Waals surface area contributed by atoms with Crippen LogP contribution in [0.25, 0.3) is 6.08 Å². The molecule has 9 heteroatoms. The van der Waals surface area contributed by atoms with Crippen molar-refractivity contribution in [1.29, 1.82) is 0 Å². The lowest BCUT2D eigenvalue weighted by Gasteiger charge is -2.13. The topological polar surface area (TPSA) is 93.1 Å². The lowest BCUT2D eigenvalue weighted by atomic mass is 10.1. The molecule has 2 rings (SSSR count). The average Bonchev–Trinajstić information content (AvgIpc) is 2.79. The van der Waals surface area contributed by atoms with E-state index >= 15 is 0 Å². The summed E-state index contributed by atoms with van der Waals surface area (Å²) in [6.07, 6.45) is 1.51. The number of ether oxygens (including phenoxy) is 2. The van der Waals surface area contributed by atoms with Crippen molar-refractivity contribution in [2.24, 2.45) is 0 Å². The molecule has 1 heterocycles. The maximum Gasteiger partial charge on any atom is 0.323 e. The van der Waals surface area contributed by atoms with E-state index in [1.807, 2.05) is 13.8 Å². The summed E-state index contributed by atoms with van der Waals surface area (Å²) in [6.45, 7) is 3.92. The smallest absolute Gasteiger partial charge is 0.323 e. The van der Waals surface area contributed by atoms with Crippen LogP contribution in [0.2, 0.25) is 0 Å². The molecule has 1 aliphatic heterocycles. The highest BCUT2D eigenvalue weighted by atomic mass is 79.9. The van der Waals surface area contributed by atoms with E-state index in [0.717, 1.165) is 0 Å². The minimum absolute atomic E-state index is 0.142. The van der Waals surface area contributed by atoms with E-state index in [1.165, 1.54) is 6.08 Å². The van der Waals surface area contributed by atoms with Gasteiger partial charge in [0.15, 0.2) is 0 Å². The highest BCUT2D eigenvalue weighted by Crippen LogP contribution is 2.38. The fourth-order valence-corrected chi connectivity index (χ4v) is 3.43. The monoisotopic (exact) mass is 429 g/mol. The molecule has 0 aliphatic carbocycles.